The molecule has 2 rings (SSSR count). The predicted octanol–water partition coefficient (Wildman–Crippen LogP) is 4.55. The highest BCUT2D eigenvalue weighted by Crippen LogP contribution is 2.29. The fraction of sp³-hybridized carbons (Fsp3) is 0.350. The van der Waals surface area contributed by atoms with Crippen LogP contribution in [0.15, 0.2) is 59.6 Å². The van der Waals surface area contributed by atoms with Crippen molar-refractivity contribution in [2.24, 2.45) is 10.7 Å². The van der Waals surface area contributed by atoms with Crippen molar-refractivity contribution >= 4 is 35.6 Å². The number of alkyl halides is 3. The van der Waals surface area contributed by atoms with E-state index in [1.165, 1.54) is 18.2 Å². The third kappa shape index (κ3) is 11.2. The molecule has 0 heterocycles. The van der Waals surface area contributed by atoms with Crippen molar-refractivity contribution in [1.29, 1.82) is 0 Å². The monoisotopic (exact) mass is 539 g/mol. The molecule has 6 nitrogen and oxygen atoms in total. The van der Waals surface area contributed by atoms with Crippen LogP contribution < -0.4 is 15.8 Å². The van der Waals surface area contributed by atoms with Crippen LogP contribution in [-0.4, -0.2) is 38.7 Å². The number of nitrogens with zero attached hydrogens (tertiary/aromatic N) is 1. The van der Waals surface area contributed by atoms with Gasteiger partial charge in [0.2, 0.25) is 0 Å². The fourth-order valence-corrected chi connectivity index (χ4v) is 2.31. The van der Waals surface area contributed by atoms with Crippen LogP contribution in [0.1, 0.15) is 12.0 Å². The largest absolute Gasteiger partial charge is 0.573 e. The molecular formula is C20H25F3IN3O3. The number of nitrogens with one attached hydrogen (secondary N) is 1. The third-order valence-corrected chi connectivity index (χ3v) is 3.59. The number of anilines is 1. The summed E-state index contributed by atoms with van der Waals surface area (Å²) < 4.78 is 52.1. The molecule has 0 bridgehead atoms. The molecule has 0 aliphatic rings. The Morgan fingerprint density at radius 2 is 1.60 bits per heavy atom. The van der Waals surface area contributed by atoms with Gasteiger partial charge in [-0.05, 0) is 24.1 Å². The van der Waals surface area contributed by atoms with Gasteiger partial charge in [-0.15, -0.1) is 37.1 Å². The Balaban J connectivity index is 0.00000450. The number of hydrogen-bond donors (Lipinski definition) is 2. The number of halogens is 4. The zero-order valence-corrected chi connectivity index (χ0v) is 18.6. The molecule has 3 N–H and O–H groups in total. The zero-order valence-electron chi connectivity index (χ0n) is 16.2. The summed E-state index contributed by atoms with van der Waals surface area (Å²) in [4.78, 5) is 4.07. The molecule has 2 aromatic rings. The van der Waals surface area contributed by atoms with Crippen LogP contribution in [-0.2, 0) is 16.1 Å². The van der Waals surface area contributed by atoms with E-state index in [2.05, 4.69) is 15.0 Å². The molecule has 30 heavy (non-hydrogen) atoms. The van der Waals surface area contributed by atoms with Gasteiger partial charge in [0.1, 0.15) is 0 Å². The van der Waals surface area contributed by atoms with Crippen molar-refractivity contribution in [3.63, 3.8) is 0 Å². The Morgan fingerprint density at radius 3 is 2.33 bits per heavy atom. The molecular weight excluding hydrogens is 514 g/mol. The molecule has 0 atom stereocenters. The first-order valence-corrected chi connectivity index (χ1v) is 9.05. The van der Waals surface area contributed by atoms with Crippen molar-refractivity contribution in [3.8, 4) is 5.75 Å². The number of aliphatic imine (C=N–C) groups is 1. The Bertz CT molecular complexity index is 762. The second-order valence-corrected chi connectivity index (χ2v) is 5.94. The summed E-state index contributed by atoms with van der Waals surface area (Å²) in [5, 5.41) is 2.61. The van der Waals surface area contributed by atoms with Crippen LogP contribution in [0.25, 0.3) is 0 Å². The number of guanidine groups is 1. The Morgan fingerprint density at radius 1 is 0.933 bits per heavy atom. The maximum absolute atomic E-state index is 12.4. The van der Waals surface area contributed by atoms with Gasteiger partial charge in [0.15, 0.2) is 11.7 Å². The Kier molecular flexibility index (Phi) is 12.2. The van der Waals surface area contributed by atoms with E-state index in [4.69, 9.17) is 15.2 Å². The van der Waals surface area contributed by atoms with Gasteiger partial charge in [0.05, 0.1) is 25.5 Å². The van der Waals surface area contributed by atoms with Gasteiger partial charge in [-0.1, -0.05) is 42.5 Å². The predicted molar refractivity (Wildman–Crippen MR) is 120 cm³/mol. The molecule has 2 aromatic carbocycles. The Hall–Kier alpha value is -2.05. The average Bonchev–Trinajstić information content (AvgIpc) is 2.68. The van der Waals surface area contributed by atoms with E-state index in [1.54, 1.807) is 6.07 Å². The minimum Gasteiger partial charge on any atom is -0.404 e. The van der Waals surface area contributed by atoms with Gasteiger partial charge >= 0.3 is 6.36 Å². The van der Waals surface area contributed by atoms with E-state index < -0.39 is 6.36 Å². The van der Waals surface area contributed by atoms with Gasteiger partial charge in [-0.3, -0.25) is 4.99 Å². The van der Waals surface area contributed by atoms with Gasteiger partial charge in [-0.25, -0.2) is 0 Å². The molecule has 0 spiro atoms. The number of para-hydroxylation sites is 2. The van der Waals surface area contributed by atoms with E-state index in [9.17, 15) is 13.2 Å². The van der Waals surface area contributed by atoms with Crippen LogP contribution in [0.2, 0.25) is 0 Å². The lowest BCUT2D eigenvalue weighted by Crippen LogP contribution is -2.24. The number of nitrogens with two attached hydrogens (primary N) is 1. The minimum absolute atomic E-state index is 0. The third-order valence-electron chi connectivity index (χ3n) is 3.59. The summed E-state index contributed by atoms with van der Waals surface area (Å²) in [5.41, 5.74) is 6.90. The molecule has 0 aliphatic carbocycles. The van der Waals surface area contributed by atoms with E-state index in [0.29, 0.717) is 39.4 Å². The van der Waals surface area contributed by atoms with Crippen molar-refractivity contribution in [3.05, 3.63) is 60.2 Å². The van der Waals surface area contributed by atoms with Crippen LogP contribution in [0, 0.1) is 0 Å². The normalized spacial score (nSPS) is 11.6. The van der Waals surface area contributed by atoms with E-state index >= 15 is 0 Å². The van der Waals surface area contributed by atoms with E-state index in [1.807, 2.05) is 30.3 Å². The highest BCUT2D eigenvalue weighted by Gasteiger charge is 2.32. The summed E-state index contributed by atoms with van der Waals surface area (Å²) in [7, 11) is 0. The molecule has 0 aliphatic heterocycles. The van der Waals surface area contributed by atoms with Gasteiger partial charge in [0, 0.05) is 13.2 Å². The highest BCUT2D eigenvalue weighted by molar-refractivity contribution is 14.0. The summed E-state index contributed by atoms with van der Waals surface area (Å²) in [5.74, 6) is -0.383. The second-order valence-electron chi connectivity index (χ2n) is 5.94. The lowest BCUT2D eigenvalue weighted by molar-refractivity contribution is -0.274. The Labute approximate surface area is 190 Å². The van der Waals surface area contributed by atoms with Crippen LogP contribution in [0.5, 0.6) is 5.75 Å². The molecule has 0 radical (unpaired) electrons. The fourth-order valence-electron chi connectivity index (χ4n) is 2.31. The molecule has 0 aromatic heterocycles. The summed E-state index contributed by atoms with van der Waals surface area (Å²) in [6.45, 7) is 2.33. The summed E-state index contributed by atoms with van der Waals surface area (Å²) in [6, 6.07) is 15.4. The molecule has 10 heteroatoms. The van der Waals surface area contributed by atoms with Crippen molar-refractivity contribution in [1.82, 2.24) is 0 Å². The number of ether oxygens (including phenoxy) is 3. The number of rotatable bonds is 11. The molecule has 0 saturated heterocycles. The van der Waals surface area contributed by atoms with Gasteiger partial charge < -0.3 is 25.3 Å². The standard InChI is InChI=1S/C20H24F3N3O3.HI/c21-20(22,23)29-18-10-5-4-9-17(18)26-19(24)25-11-6-12-27-13-14-28-15-16-7-2-1-3-8-16;/h1-5,7-10H,6,11-15H2,(H3,24,25,26);1H. The average molecular weight is 539 g/mol. The topological polar surface area (TPSA) is 78.1 Å². The van der Waals surface area contributed by atoms with E-state index in [0.717, 1.165) is 5.56 Å². The molecule has 0 unspecified atom stereocenters. The summed E-state index contributed by atoms with van der Waals surface area (Å²) in [6.07, 6.45) is -4.17. The zero-order chi connectivity index (χ0) is 21.0. The summed E-state index contributed by atoms with van der Waals surface area (Å²) >= 11 is 0. The van der Waals surface area contributed by atoms with E-state index in [-0.39, 0.29) is 41.4 Å². The van der Waals surface area contributed by atoms with Gasteiger partial charge in [-0.2, -0.15) is 0 Å². The lowest BCUT2D eigenvalue weighted by Gasteiger charge is -2.14. The first kappa shape index (κ1) is 26.0. The van der Waals surface area contributed by atoms with Crippen molar-refractivity contribution < 1.29 is 27.4 Å². The second kappa shape index (κ2) is 14.0. The quantitative estimate of drug-likeness (QED) is 0.190. The molecule has 0 amide bonds. The maximum Gasteiger partial charge on any atom is 0.573 e. The number of benzene rings is 2. The molecule has 0 saturated carbocycles. The SMILES string of the molecule is I.NC(=NCCCOCCOCc1ccccc1)Nc1ccccc1OC(F)(F)F. The van der Waals surface area contributed by atoms with Gasteiger partial charge in [0.25, 0.3) is 0 Å². The first-order chi connectivity index (χ1) is 13.9. The maximum atomic E-state index is 12.4. The van der Waals surface area contributed by atoms with Crippen molar-refractivity contribution in [2.45, 2.75) is 19.4 Å². The smallest absolute Gasteiger partial charge is 0.404 e. The number of hydrogen-bond acceptors (Lipinski definition) is 4. The minimum atomic E-state index is -4.79. The molecule has 166 valence electrons. The van der Waals surface area contributed by atoms with Crippen molar-refractivity contribution in [2.75, 3.05) is 31.7 Å². The first-order valence-electron chi connectivity index (χ1n) is 9.05. The molecule has 0 fully saturated rings. The lowest BCUT2D eigenvalue weighted by atomic mass is 10.2. The van der Waals surface area contributed by atoms with Crippen LogP contribution in [0.3, 0.4) is 0 Å². The highest BCUT2D eigenvalue weighted by atomic mass is 127. The van der Waals surface area contributed by atoms with Crippen LogP contribution in [0.4, 0.5) is 18.9 Å². The van der Waals surface area contributed by atoms with Crippen LogP contribution >= 0.6 is 24.0 Å².